The predicted octanol–water partition coefficient (Wildman–Crippen LogP) is 4.07. The second kappa shape index (κ2) is 14.8. The van der Waals surface area contributed by atoms with Crippen molar-refractivity contribution in [2.24, 2.45) is 0 Å². The molecule has 1 aromatic rings. The van der Waals surface area contributed by atoms with Crippen LogP contribution in [-0.2, 0) is 16.1 Å². The van der Waals surface area contributed by atoms with E-state index in [-0.39, 0.29) is 11.9 Å². The van der Waals surface area contributed by atoms with Gasteiger partial charge in [-0.25, -0.2) is 0 Å². The maximum Gasteiger partial charge on any atom is 0.219 e. The largest absolute Gasteiger partial charge is 0.359 e. The SMILES string of the molecule is CNC(=O)CCC(C=O)N(C)Cc1c(C=O)cccc1SCCCCCCBr. The fourth-order valence-corrected chi connectivity index (χ4v) is 4.39. The van der Waals surface area contributed by atoms with Gasteiger partial charge in [0.2, 0.25) is 5.91 Å². The summed E-state index contributed by atoms with van der Waals surface area (Å²) in [5.74, 6) is 0.930. The van der Waals surface area contributed by atoms with Gasteiger partial charge in [-0.15, -0.1) is 11.8 Å². The van der Waals surface area contributed by atoms with Crippen molar-refractivity contribution in [3.63, 3.8) is 0 Å². The Hall–Kier alpha value is -1.18. The molecule has 0 aliphatic rings. The number of benzene rings is 1. The number of halogens is 1. The number of alkyl halides is 1. The molecule has 0 saturated carbocycles. The lowest BCUT2D eigenvalue weighted by Gasteiger charge is -2.25. The predicted molar refractivity (Wildman–Crippen MR) is 119 cm³/mol. The minimum Gasteiger partial charge on any atom is -0.359 e. The Morgan fingerprint density at radius 2 is 2.00 bits per heavy atom. The minimum atomic E-state index is -0.362. The Kier molecular flexibility index (Phi) is 13.1. The molecule has 0 aliphatic heterocycles. The number of hydrogen-bond acceptors (Lipinski definition) is 5. The third-order valence-corrected chi connectivity index (χ3v) is 6.41. The molecule has 7 heteroatoms. The second-order valence-corrected chi connectivity index (χ2v) is 8.65. The van der Waals surface area contributed by atoms with E-state index in [1.165, 1.54) is 19.3 Å². The number of aldehydes is 2. The molecule has 0 radical (unpaired) electrons. The highest BCUT2D eigenvalue weighted by molar-refractivity contribution is 9.09. The maximum absolute atomic E-state index is 11.5. The first-order chi connectivity index (χ1) is 13.6. The van der Waals surface area contributed by atoms with Gasteiger partial charge >= 0.3 is 0 Å². The quantitative estimate of drug-likeness (QED) is 0.181. The number of nitrogens with zero attached hydrogens (tertiary/aromatic N) is 1. The van der Waals surface area contributed by atoms with Crippen molar-refractivity contribution in [2.45, 2.75) is 56.0 Å². The van der Waals surface area contributed by atoms with E-state index < -0.39 is 0 Å². The van der Waals surface area contributed by atoms with E-state index in [0.717, 1.165) is 40.5 Å². The van der Waals surface area contributed by atoms with Gasteiger partial charge in [0, 0.05) is 35.8 Å². The van der Waals surface area contributed by atoms with Crippen LogP contribution in [0, 0.1) is 0 Å². The minimum absolute atomic E-state index is 0.0790. The average Bonchev–Trinajstić information content (AvgIpc) is 2.71. The van der Waals surface area contributed by atoms with Crippen molar-refractivity contribution in [3.05, 3.63) is 29.3 Å². The lowest BCUT2D eigenvalue weighted by Crippen LogP contribution is -2.34. The van der Waals surface area contributed by atoms with E-state index >= 15 is 0 Å². The molecule has 0 saturated heterocycles. The highest BCUT2D eigenvalue weighted by Crippen LogP contribution is 2.28. The molecule has 0 bridgehead atoms. The summed E-state index contributed by atoms with van der Waals surface area (Å²) in [6.07, 6.45) is 7.28. The number of hydrogen-bond donors (Lipinski definition) is 1. The molecule has 156 valence electrons. The molecule has 1 N–H and O–H groups in total. The van der Waals surface area contributed by atoms with Crippen molar-refractivity contribution >= 4 is 46.2 Å². The van der Waals surface area contributed by atoms with Gasteiger partial charge < -0.3 is 10.1 Å². The van der Waals surface area contributed by atoms with Crippen molar-refractivity contribution in [3.8, 4) is 0 Å². The summed E-state index contributed by atoms with van der Waals surface area (Å²) >= 11 is 5.22. The molecular weight excluding hydrogens is 440 g/mol. The first-order valence-corrected chi connectivity index (χ1v) is 11.8. The molecule has 1 rings (SSSR count). The van der Waals surface area contributed by atoms with Crippen LogP contribution in [-0.4, -0.2) is 54.6 Å². The van der Waals surface area contributed by atoms with Crippen molar-refractivity contribution in [2.75, 3.05) is 25.2 Å². The van der Waals surface area contributed by atoms with E-state index in [2.05, 4.69) is 21.2 Å². The number of nitrogens with one attached hydrogen (secondary N) is 1. The summed E-state index contributed by atoms with van der Waals surface area (Å²) in [5.41, 5.74) is 1.62. The van der Waals surface area contributed by atoms with Crippen molar-refractivity contribution in [1.82, 2.24) is 10.2 Å². The zero-order chi connectivity index (χ0) is 20.8. The lowest BCUT2D eigenvalue weighted by atomic mass is 10.1. The highest BCUT2D eigenvalue weighted by atomic mass is 79.9. The van der Waals surface area contributed by atoms with Crippen LogP contribution in [0.25, 0.3) is 0 Å². The molecule has 0 aromatic heterocycles. The fraction of sp³-hybridized carbons (Fsp3) is 0.571. The average molecular weight is 471 g/mol. The Morgan fingerprint density at radius 3 is 2.64 bits per heavy atom. The summed E-state index contributed by atoms with van der Waals surface area (Å²) in [4.78, 5) is 37.6. The molecule has 1 amide bonds. The van der Waals surface area contributed by atoms with Gasteiger partial charge in [-0.05, 0) is 43.7 Å². The van der Waals surface area contributed by atoms with Crippen molar-refractivity contribution in [1.29, 1.82) is 0 Å². The molecule has 1 unspecified atom stereocenters. The van der Waals surface area contributed by atoms with Crippen molar-refractivity contribution < 1.29 is 14.4 Å². The van der Waals surface area contributed by atoms with Crippen LogP contribution in [0.2, 0.25) is 0 Å². The van der Waals surface area contributed by atoms with Gasteiger partial charge in [-0.2, -0.15) is 0 Å². The van der Waals surface area contributed by atoms with Gasteiger partial charge in [-0.3, -0.25) is 14.5 Å². The summed E-state index contributed by atoms with van der Waals surface area (Å²) in [7, 11) is 3.45. The Labute approximate surface area is 181 Å². The number of rotatable bonds is 15. The van der Waals surface area contributed by atoms with Crippen LogP contribution in [0.5, 0.6) is 0 Å². The zero-order valence-corrected chi connectivity index (χ0v) is 19.2. The highest BCUT2D eigenvalue weighted by Gasteiger charge is 2.18. The standard InChI is InChI=1S/C21H31BrN2O3S/c1-23-21(27)11-10-18(16-26)24(2)14-19-17(15-25)8-7-9-20(19)28-13-6-4-3-5-12-22/h7-9,15-16,18H,3-6,10-14H2,1-2H3,(H,23,27). The maximum atomic E-state index is 11.5. The first-order valence-electron chi connectivity index (χ1n) is 9.69. The van der Waals surface area contributed by atoms with Gasteiger partial charge in [0.25, 0.3) is 0 Å². The number of carbonyl (C=O) groups is 3. The monoisotopic (exact) mass is 470 g/mol. The van der Waals surface area contributed by atoms with E-state index in [1.54, 1.807) is 18.8 Å². The van der Waals surface area contributed by atoms with E-state index in [0.29, 0.717) is 24.9 Å². The van der Waals surface area contributed by atoms with Crippen LogP contribution in [0.15, 0.2) is 23.1 Å². The third kappa shape index (κ3) is 8.88. The van der Waals surface area contributed by atoms with Gasteiger partial charge in [0.05, 0.1) is 6.04 Å². The van der Waals surface area contributed by atoms with Gasteiger partial charge in [-0.1, -0.05) is 40.9 Å². The summed E-state index contributed by atoms with van der Waals surface area (Å²) < 4.78 is 0. The molecule has 1 aromatic carbocycles. The molecule has 1 atom stereocenters. The first kappa shape index (κ1) is 24.9. The molecule has 5 nitrogen and oxygen atoms in total. The van der Waals surface area contributed by atoms with Gasteiger partial charge in [0.1, 0.15) is 12.6 Å². The molecular formula is C21H31BrN2O3S. The zero-order valence-electron chi connectivity index (χ0n) is 16.8. The van der Waals surface area contributed by atoms with Crippen LogP contribution >= 0.6 is 27.7 Å². The number of amides is 1. The number of unbranched alkanes of at least 4 members (excludes halogenated alkanes) is 3. The van der Waals surface area contributed by atoms with Crippen LogP contribution in [0.3, 0.4) is 0 Å². The second-order valence-electron chi connectivity index (χ2n) is 6.72. The summed E-state index contributed by atoms with van der Waals surface area (Å²) in [6.45, 7) is 0.498. The van der Waals surface area contributed by atoms with E-state index in [9.17, 15) is 14.4 Å². The molecule has 0 fully saturated rings. The Balaban J connectivity index is 2.76. The Morgan fingerprint density at radius 1 is 1.25 bits per heavy atom. The topological polar surface area (TPSA) is 66.5 Å². The van der Waals surface area contributed by atoms with E-state index in [1.807, 2.05) is 30.1 Å². The van der Waals surface area contributed by atoms with Crippen LogP contribution in [0.4, 0.5) is 0 Å². The number of thioether (sulfide) groups is 1. The summed E-state index contributed by atoms with van der Waals surface area (Å²) in [6, 6.07) is 5.40. The third-order valence-electron chi connectivity index (χ3n) is 4.66. The molecule has 0 aliphatic carbocycles. The summed E-state index contributed by atoms with van der Waals surface area (Å²) in [5, 5.41) is 3.63. The number of likely N-dealkylation sites (N-methyl/N-ethyl adjacent to an activating group) is 1. The normalized spacial score (nSPS) is 12.0. The van der Waals surface area contributed by atoms with Crippen LogP contribution in [0.1, 0.15) is 54.4 Å². The smallest absolute Gasteiger partial charge is 0.219 e. The molecule has 0 spiro atoms. The lowest BCUT2D eigenvalue weighted by molar-refractivity contribution is -0.121. The fourth-order valence-electron chi connectivity index (χ4n) is 2.89. The number of carbonyl (C=O) groups excluding carboxylic acids is 3. The van der Waals surface area contributed by atoms with Crippen LogP contribution < -0.4 is 5.32 Å². The Bertz CT molecular complexity index is 628. The van der Waals surface area contributed by atoms with Gasteiger partial charge in [0.15, 0.2) is 0 Å². The molecule has 0 heterocycles. The van der Waals surface area contributed by atoms with E-state index in [4.69, 9.17) is 0 Å². The molecule has 28 heavy (non-hydrogen) atoms.